The second-order valence-electron chi connectivity index (χ2n) is 6.64. The number of rotatable bonds is 6. The van der Waals surface area contributed by atoms with Gasteiger partial charge in [0.25, 0.3) is 5.89 Å². The summed E-state index contributed by atoms with van der Waals surface area (Å²) in [6.07, 6.45) is 2.86. The van der Waals surface area contributed by atoms with E-state index in [-0.39, 0.29) is 12.5 Å². The number of carbonyl (C=O) groups excluding carboxylic acids is 1. The van der Waals surface area contributed by atoms with Crippen molar-refractivity contribution in [3.05, 3.63) is 58.2 Å². The van der Waals surface area contributed by atoms with Crippen molar-refractivity contribution >= 4 is 23.6 Å². The summed E-state index contributed by atoms with van der Waals surface area (Å²) in [5.74, 6) is 0.586. The Morgan fingerprint density at radius 2 is 2.04 bits per heavy atom. The van der Waals surface area contributed by atoms with Crippen LogP contribution in [0.5, 0.6) is 0 Å². The highest BCUT2D eigenvalue weighted by Gasteiger charge is 2.12. The van der Waals surface area contributed by atoms with E-state index < -0.39 is 5.97 Å². The molecule has 2 aromatic heterocycles. The highest BCUT2D eigenvalue weighted by Crippen LogP contribution is 2.21. The molecule has 0 amide bonds. The molecule has 7 nitrogen and oxygen atoms in total. The minimum atomic E-state index is -0.541. The van der Waals surface area contributed by atoms with Crippen LogP contribution in [-0.2, 0) is 23.2 Å². The number of hydrogen-bond donors (Lipinski definition) is 0. The summed E-state index contributed by atoms with van der Waals surface area (Å²) >= 11 is 6.12. The normalized spacial score (nSPS) is 11.5. The number of halogens is 1. The predicted octanol–water partition coefficient (Wildman–Crippen LogP) is 4.31. The third-order valence-corrected chi connectivity index (χ3v) is 4.67. The molecular formula is C20H21ClN4O3. The van der Waals surface area contributed by atoms with Crippen LogP contribution >= 0.6 is 11.6 Å². The Morgan fingerprint density at radius 3 is 2.64 bits per heavy atom. The molecule has 28 heavy (non-hydrogen) atoms. The number of nitrogens with zero attached hydrogens (tertiary/aromatic N) is 4. The van der Waals surface area contributed by atoms with Gasteiger partial charge in [-0.25, -0.2) is 4.79 Å². The van der Waals surface area contributed by atoms with Crippen LogP contribution in [0.1, 0.15) is 42.5 Å². The molecule has 0 spiro atoms. The highest BCUT2D eigenvalue weighted by molar-refractivity contribution is 6.31. The monoisotopic (exact) mass is 400 g/mol. The van der Waals surface area contributed by atoms with Gasteiger partial charge in [0.15, 0.2) is 6.61 Å². The molecule has 0 saturated carbocycles. The molecule has 8 heteroatoms. The van der Waals surface area contributed by atoms with E-state index in [2.05, 4.69) is 29.1 Å². The molecule has 0 aliphatic heterocycles. The van der Waals surface area contributed by atoms with Gasteiger partial charge in [0.05, 0.1) is 5.69 Å². The van der Waals surface area contributed by atoms with E-state index in [1.807, 2.05) is 31.2 Å². The average molecular weight is 401 g/mol. The minimum Gasteiger partial charge on any atom is -0.452 e. The molecule has 0 aliphatic rings. The van der Waals surface area contributed by atoms with E-state index in [4.69, 9.17) is 20.9 Å². The summed E-state index contributed by atoms with van der Waals surface area (Å²) in [5, 5.41) is 8.56. The van der Waals surface area contributed by atoms with Crippen molar-refractivity contribution in [3.8, 4) is 11.4 Å². The fraction of sp³-hybridized carbons (Fsp3) is 0.300. The number of esters is 1. The van der Waals surface area contributed by atoms with Crippen LogP contribution in [0, 0.1) is 6.92 Å². The Morgan fingerprint density at radius 1 is 1.32 bits per heavy atom. The molecule has 0 N–H and O–H groups in total. The van der Waals surface area contributed by atoms with E-state index in [9.17, 15) is 4.79 Å². The first-order chi connectivity index (χ1) is 13.3. The Balaban J connectivity index is 1.59. The lowest BCUT2D eigenvalue weighted by molar-refractivity contribution is -0.139. The fourth-order valence-corrected chi connectivity index (χ4v) is 2.85. The van der Waals surface area contributed by atoms with E-state index in [1.165, 1.54) is 16.3 Å². The number of aromatic nitrogens is 4. The maximum absolute atomic E-state index is 11.9. The summed E-state index contributed by atoms with van der Waals surface area (Å²) in [5.41, 5.74) is 3.47. The molecular weight excluding hydrogens is 380 g/mol. The van der Waals surface area contributed by atoms with Crippen molar-refractivity contribution in [1.29, 1.82) is 0 Å². The SMILES string of the molecule is Cc1nn(C)c(Cl)c1/C=C/C(=O)OCc1nc(-c2ccc(C(C)C)cc2)no1. The largest absolute Gasteiger partial charge is 0.452 e. The maximum atomic E-state index is 11.9. The molecule has 3 aromatic rings. The van der Waals surface area contributed by atoms with Crippen LogP contribution in [0.4, 0.5) is 0 Å². The van der Waals surface area contributed by atoms with E-state index >= 15 is 0 Å². The molecule has 2 heterocycles. The molecule has 3 rings (SSSR count). The van der Waals surface area contributed by atoms with Gasteiger partial charge in [0.2, 0.25) is 5.82 Å². The van der Waals surface area contributed by atoms with E-state index in [0.29, 0.717) is 22.5 Å². The third-order valence-electron chi connectivity index (χ3n) is 4.22. The van der Waals surface area contributed by atoms with E-state index in [0.717, 1.165) is 11.3 Å². The first-order valence-electron chi connectivity index (χ1n) is 8.82. The summed E-state index contributed by atoms with van der Waals surface area (Å²) in [6.45, 7) is 5.96. The number of benzene rings is 1. The Hall–Kier alpha value is -2.93. The standard InChI is InChI=1S/C20H21ClN4O3/c1-12(2)14-5-7-15(8-6-14)20-22-17(28-24-20)11-27-18(26)10-9-16-13(3)23-25(4)19(16)21/h5-10,12H,11H2,1-4H3/b10-9+. The van der Waals surface area contributed by atoms with Crippen LogP contribution < -0.4 is 0 Å². The highest BCUT2D eigenvalue weighted by atomic mass is 35.5. The van der Waals surface area contributed by atoms with Gasteiger partial charge in [-0.15, -0.1) is 0 Å². The number of aryl methyl sites for hydroxylation is 2. The molecule has 1 aromatic carbocycles. The summed E-state index contributed by atoms with van der Waals surface area (Å²) in [7, 11) is 1.73. The molecule has 146 valence electrons. The zero-order chi connectivity index (χ0) is 20.3. The zero-order valence-electron chi connectivity index (χ0n) is 16.1. The lowest BCUT2D eigenvalue weighted by Crippen LogP contribution is -2.01. The first kappa shape index (κ1) is 19.8. The molecule has 0 aliphatic carbocycles. The molecule has 0 unspecified atom stereocenters. The van der Waals surface area contributed by atoms with Crippen molar-refractivity contribution in [2.24, 2.45) is 7.05 Å². The van der Waals surface area contributed by atoms with Gasteiger partial charge < -0.3 is 9.26 Å². The summed E-state index contributed by atoms with van der Waals surface area (Å²) in [4.78, 5) is 16.2. The van der Waals surface area contributed by atoms with Crippen molar-refractivity contribution in [3.63, 3.8) is 0 Å². The van der Waals surface area contributed by atoms with Crippen molar-refractivity contribution < 1.29 is 14.1 Å². The topological polar surface area (TPSA) is 83.0 Å². The second kappa shape index (κ2) is 8.39. The lowest BCUT2D eigenvalue weighted by Gasteiger charge is -2.04. The average Bonchev–Trinajstić information content (AvgIpc) is 3.24. The van der Waals surface area contributed by atoms with Crippen LogP contribution in [0.2, 0.25) is 5.15 Å². The first-order valence-corrected chi connectivity index (χ1v) is 9.19. The predicted molar refractivity (Wildman–Crippen MR) is 106 cm³/mol. The fourth-order valence-electron chi connectivity index (χ4n) is 2.62. The Kier molecular flexibility index (Phi) is 5.94. The number of carbonyl (C=O) groups is 1. The van der Waals surface area contributed by atoms with E-state index in [1.54, 1.807) is 13.1 Å². The lowest BCUT2D eigenvalue weighted by atomic mass is 10.0. The third kappa shape index (κ3) is 4.48. The Bertz CT molecular complexity index is 1000. The second-order valence-corrected chi connectivity index (χ2v) is 7.00. The maximum Gasteiger partial charge on any atom is 0.331 e. The van der Waals surface area contributed by atoms with Crippen molar-refractivity contribution in [2.75, 3.05) is 0 Å². The van der Waals surface area contributed by atoms with Gasteiger partial charge >= 0.3 is 5.97 Å². The van der Waals surface area contributed by atoms with Crippen molar-refractivity contribution in [2.45, 2.75) is 33.3 Å². The van der Waals surface area contributed by atoms with Crippen LogP contribution in [0.25, 0.3) is 17.5 Å². The molecule has 0 saturated heterocycles. The number of ether oxygens (including phenoxy) is 1. The van der Waals surface area contributed by atoms with Gasteiger partial charge in [0.1, 0.15) is 5.15 Å². The molecule has 0 atom stereocenters. The van der Waals surface area contributed by atoms with Gasteiger partial charge in [0, 0.05) is 24.3 Å². The zero-order valence-corrected chi connectivity index (χ0v) is 16.9. The molecule has 0 radical (unpaired) electrons. The smallest absolute Gasteiger partial charge is 0.331 e. The Labute approximate surface area is 168 Å². The van der Waals surface area contributed by atoms with Crippen LogP contribution in [0.3, 0.4) is 0 Å². The number of hydrogen-bond acceptors (Lipinski definition) is 6. The van der Waals surface area contributed by atoms with Crippen LogP contribution in [0.15, 0.2) is 34.9 Å². The quantitative estimate of drug-likeness (QED) is 0.453. The summed E-state index contributed by atoms with van der Waals surface area (Å²) in [6, 6.07) is 7.95. The van der Waals surface area contributed by atoms with Gasteiger partial charge in [-0.1, -0.05) is 54.9 Å². The molecule has 0 bridgehead atoms. The van der Waals surface area contributed by atoms with Gasteiger partial charge in [-0.2, -0.15) is 10.1 Å². The summed E-state index contributed by atoms with van der Waals surface area (Å²) < 4.78 is 11.8. The van der Waals surface area contributed by atoms with Gasteiger partial charge in [-0.05, 0) is 24.5 Å². The van der Waals surface area contributed by atoms with Crippen LogP contribution in [-0.4, -0.2) is 25.9 Å². The molecule has 0 fully saturated rings. The van der Waals surface area contributed by atoms with Gasteiger partial charge in [-0.3, -0.25) is 4.68 Å². The van der Waals surface area contributed by atoms with Crippen molar-refractivity contribution in [1.82, 2.24) is 19.9 Å². The minimum absolute atomic E-state index is 0.111.